The Morgan fingerprint density at radius 1 is 0.485 bits per heavy atom. The molecule has 18 nitrogen and oxygen atoms in total. The molecule has 0 saturated heterocycles. The zero-order chi connectivity index (χ0) is 44.3. The number of halogens is 1. The van der Waals surface area contributed by atoms with Gasteiger partial charge in [0.2, 0.25) is 0 Å². The standard InChI is InChI=1S/C20H14N2O5S.C19H14ClN3O8S2.Cr.4Na/c23-16-10-9-12-5-1-2-6-13(12)19(16)21-22-20-15-8-4-3-7-14(15)18(11-17(20)24)28(25,26)27;20-12-8-16(19(25)18(9-12)33(29,30)31)21-10-11-7-14(3-6-17(11)24)23-22-13-1-4-15(5-2-13)32(26,27)28;;;;;/h1-11,23-24H,(H,25,26,27);1-10,24-25H,(H,26,27,28)(H,29,30,31);;;;;/q;;+3;4*+1/p-7. The summed E-state index contributed by atoms with van der Waals surface area (Å²) in [6.07, 6.45) is 0.976. The van der Waals surface area contributed by atoms with Crippen molar-refractivity contribution in [2.45, 2.75) is 14.7 Å². The van der Waals surface area contributed by atoms with Crippen molar-refractivity contribution in [3.63, 3.8) is 0 Å². The van der Waals surface area contributed by atoms with Gasteiger partial charge in [-0.15, -0.1) is 0 Å². The van der Waals surface area contributed by atoms with Gasteiger partial charge in [-0.2, -0.15) is 20.5 Å². The van der Waals surface area contributed by atoms with E-state index in [0.717, 1.165) is 41.9 Å². The van der Waals surface area contributed by atoms with Crippen LogP contribution in [0.25, 0.3) is 21.5 Å². The first kappa shape index (κ1) is 61.7. The molecule has 0 atom stereocenters. The predicted molar refractivity (Wildman–Crippen MR) is 210 cm³/mol. The second kappa shape index (κ2) is 26.0. The fraction of sp³-hybridized carbons (Fsp3) is 0. The monoisotopic (exact) mass is 1040 g/mol. The minimum atomic E-state index is -5.08. The van der Waals surface area contributed by atoms with Gasteiger partial charge >= 0.3 is 136 Å². The second-order valence-corrected chi connectivity index (χ2v) is 16.9. The van der Waals surface area contributed by atoms with E-state index in [9.17, 15) is 59.3 Å². The summed E-state index contributed by atoms with van der Waals surface area (Å²) in [6, 6.07) is 27.0. The van der Waals surface area contributed by atoms with Crippen LogP contribution in [-0.4, -0.2) is 45.1 Å². The molecule has 7 aromatic carbocycles. The van der Waals surface area contributed by atoms with Crippen LogP contribution in [0.1, 0.15) is 5.56 Å². The maximum absolute atomic E-state index is 12.4. The summed E-state index contributed by atoms with van der Waals surface area (Å²) in [5.74, 6) is -2.81. The minimum Gasteiger partial charge on any atom is -0.872 e. The van der Waals surface area contributed by atoms with E-state index >= 15 is 0 Å². The van der Waals surface area contributed by atoms with Crippen molar-refractivity contribution in [1.82, 2.24) is 0 Å². The Labute approximate surface area is 481 Å². The van der Waals surface area contributed by atoms with Gasteiger partial charge in [0.05, 0.1) is 43.1 Å². The van der Waals surface area contributed by atoms with Gasteiger partial charge in [0.15, 0.2) is 0 Å². The summed E-state index contributed by atoms with van der Waals surface area (Å²) in [5, 5.41) is 66.0. The molecule has 66 heavy (non-hydrogen) atoms. The molecule has 0 fully saturated rings. The number of hydrogen-bond donors (Lipinski definition) is 0. The Balaban J connectivity index is 0.000000619. The van der Waals surface area contributed by atoms with Crippen molar-refractivity contribution < 1.29 is 195 Å². The molecule has 0 heterocycles. The molecule has 0 amide bonds. The summed E-state index contributed by atoms with van der Waals surface area (Å²) >= 11 is 5.74. The fourth-order valence-electron chi connectivity index (χ4n) is 5.52. The number of rotatable bonds is 9. The maximum atomic E-state index is 12.4. The van der Waals surface area contributed by atoms with E-state index in [0.29, 0.717) is 11.5 Å². The summed E-state index contributed by atoms with van der Waals surface area (Å²) in [5.41, 5.74) is -0.155. The molecule has 1 radical (unpaired) electrons. The first-order chi connectivity index (χ1) is 28.7. The SMILES string of the molecule is O=S(=O)([O-])c1cc([O-])c(N=Nc2c([O-])ccc3ccccc23)c2ccccc12.O=S(=O)([O-])c1ccc(N=Nc2ccc([O-])c(C=Nc3cc(Cl)cc(S(=O)(=O)[O-])c3[O-])c2)cc1.[Cr+3].[Na+].[Na+].[Na+].[Na+]. The van der Waals surface area contributed by atoms with Crippen LogP contribution in [0, 0.1) is 0 Å². The van der Waals surface area contributed by atoms with Gasteiger partial charge in [-0.3, -0.25) is 4.99 Å². The van der Waals surface area contributed by atoms with Gasteiger partial charge in [0.25, 0.3) is 0 Å². The number of nitrogens with zero attached hydrogens (tertiary/aromatic N) is 5. The molecule has 0 aliphatic heterocycles. The Hall–Kier alpha value is -2.32. The fourth-order valence-corrected chi connectivity index (χ4v) is 7.57. The van der Waals surface area contributed by atoms with Crippen LogP contribution in [-0.2, 0) is 47.7 Å². The van der Waals surface area contributed by atoms with Crippen molar-refractivity contribution in [2.24, 2.45) is 25.4 Å². The molecule has 7 rings (SSSR count). The average molecular weight is 1040 g/mol. The Morgan fingerprint density at radius 3 is 1.59 bits per heavy atom. The second-order valence-electron chi connectivity index (χ2n) is 12.4. The molecule has 315 valence electrons. The number of hydrogen-bond acceptors (Lipinski definition) is 18. The van der Waals surface area contributed by atoms with Gasteiger partial charge in [0, 0.05) is 27.4 Å². The van der Waals surface area contributed by atoms with Gasteiger partial charge in [-0.1, -0.05) is 101 Å². The molecule has 0 aliphatic rings. The molecule has 0 aliphatic carbocycles. The van der Waals surface area contributed by atoms with E-state index in [1.54, 1.807) is 30.3 Å². The van der Waals surface area contributed by atoms with Crippen LogP contribution in [0.4, 0.5) is 28.4 Å². The quantitative estimate of drug-likeness (QED) is 0.0563. The number of benzene rings is 7. The molecule has 7 aromatic rings. The van der Waals surface area contributed by atoms with Crippen molar-refractivity contribution in [3.8, 4) is 23.0 Å². The molecule has 27 heteroatoms. The minimum absolute atomic E-state index is 0. The van der Waals surface area contributed by atoms with Crippen molar-refractivity contribution in [2.75, 3.05) is 0 Å². The third kappa shape index (κ3) is 15.6. The van der Waals surface area contributed by atoms with Crippen LogP contribution >= 0.6 is 11.6 Å². The van der Waals surface area contributed by atoms with Crippen molar-refractivity contribution >= 4 is 98.2 Å². The first-order valence-electron chi connectivity index (χ1n) is 16.8. The van der Waals surface area contributed by atoms with E-state index < -0.39 is 68.0 Å². The van der Waals surface area contributed by atoms with Crippen LogP contribution in [0.3, 0.4) is 0 Å². The first-order valence-corrected chi connectivity index (χ1v) is 21.4. The molecule has 0 spiro atoms. The van der Waals surface area contributed by atoms with E-state index in [4.69, 9.17) is 11.6 Å². The van der Waals surface area contributed by atoms with E-state index in [1.807, 2.05) is 12.1 Å². The molecule has 0 unspecified atom stereocenters. The van der Waals surface area contributed by atoms with Crippen LogP contribution in [0.15, 0.2) is 161 Å². The summed E-state index contributed by atoms with van der Waals surface area (Å²) in [4.78, 5) is 1.68. The molecular formula is C39H21ClCrN5Na4O13S3. The molecular weight excluding hydrogens is 1020 g/mol. The normalized spacial score (nSPS) is 11.5. The number of fused-ring (bicyclic) bond motifs is 2. The van der Waals surface area contributed by atoms with Crippen LogP contribution in [0.2, 0.25) is 5.02 Å². The predicted octanol–water partition coefficient (Wildman–Crippen LogP) is -6.07. The number of azo groups is 2. The van der Waals surface area contributed by atoms with Gasteiger partial charge in [-0.25, -0.2) is 25.3 Å². The Bertz CT molecular complexity index is 3320. The summed E-state index contributed by atoms with van der Waals surface area (Å²) < 4.78 is 101. The smallest absolute Gasteiger partial charge is 0.872 e. The molecule has 0 bridgehead atoms. The van der Waals surface area contributed by atoms with Crippen LogP contribution in [0.5, 0.6) is 23.0 Å². The zero-order valence-corrected chi connectivity index (χ0v) is 47.2. The van der Waals surface area contributed by atoms with E-state index in [2.05, 4.69) is 25.4 Å². The average Bonchev–Trinajstić information content (AvgIpc) is 3.20. The molecule has 0 saturated carbocycles. The summed E-state index contributed by atoms with van der Waals surface area (Å²) in [6.45, 7) is 0. The van der Waals surface area contributed by atoms with E-state index in [1.165, 1.54) is 42.5 Å². The van der Waals surface area contributed by atoms with Crippen molar-refractivity contribution in [1.29, 1.82) is 0 Å². The van der Waals surface area contributed by atoms with Gasteiger partial charge in [0.1, 0.15) is 30.4 Å². The van der Waals surface area contributed by atoms with Gasteiger partial charge in [-0.05, 0) is 65.5 Å². The van der Waals surface area contributed by atoms with Crippen molar-refractivity contribution in [3.05, 3.63) is 132 Å². The topological polar surface area (TPSA) is 326 Å². The third-order valence-corrected chi connectivity index (χ3v) is 11.1. The largest absolute Gasteiger partial charge is 3.00 e. The molecule has 0 aromatic heterocycles. The maximum Gasteiger partial charge on any atom is 3.00 e. The molecule has 0 N–H and O–H groups in total. The van der Waals surface area contributed by atoms with Crippen LogP contribution < -0.4 is 139 Å². The third-order valence-electron chi connectivity index (χ3n) is 8.34. The summed E-state index contributed by atoms with van der Waals surface area (Å²) in [7, 11) is -14.5. The Kier molecular flexibility index (Phi) is 24.4. The Morgan fingerprint density at radius 2 is 1.00 bits per heavy atom. The zero-order valence-electron chi connectivity index (χ0n) is 34.7. The number of aliphatic imine (C=N–C) groups is 1. The van der Waals surface area contributed by atoms with E-state index in [-0.39, 0.29) is 185 Å². The van der Waals surface area contributed by atoms with Gasteiger partial charge < -0.3 is 34.1 Å².